The van der Waals surface area contributed by atoms with Gasteiger partial charge < -0.3 is 4.90 Å². The number of nitro groups is 1. The van der Waals surface area contributed by atoms with Gasteiger partial charge in [-0.2, -0.15) is 9.65 Å². The highest BCUT2D eigenvalue weighted by Crippen LogP contribution is 2.22. The van der Waals surface area contributed by atoms with E-state index in [1.807, 2.05) is 6.07 Å². The Morgan fingerprint density at radius 3 is 2.67 bits per heavy atom. The van der Waals surface area contributed by atoms with Gasteiger partial charge >= 0.3 is 5.69 Å². The van der Waals surface area contributed by atoms with Crippen molar-refractivity contribution in [1.82, 2.24) is 0 Å². The largest absolute Gasteiger partial charge is 0.369 e. The topological polar surface area (TPSA) is 70.2 Å². The molecule has 0 saturated heterocycles. The van der Waals surface area contributed by atoms with Crippen LogP contribution in [-0.2, 0) is 6.54 Å². The van der Waals surface area contributed by atoms with Crippen LogP contribution in [0.3, 0.4) is 0 Å². The van der Waals surface area contributed by atoms with Gasteiger partial charge in [0.1, 0.15) is 6.07 Å². The van der Waals surface area contributed by atoms with E-state index in [9.17, 15) is 14.5 Å². The van der Waals surface area contributed by atoms with Gasteiger partial charge in [-0.3, -0.25) is 10.1 Å². The molecule has 0 aliphatic rings. The first-order chi connectivity index (χ1) is 10.0. The standard InChI is InChI=1S/C15H12FN3O2/c1-18(14-5-3-2-4-12(14)9-17)10-11-6-7-15(19(20)21)13(16)8-11/h2-8H,10H2,1H3. The first kappa shape index (κ1) is 14.5. The zero-order valence-electron chi connectivity index (χ0n) is 11.3. The lowest BCUT2D eigenvalue weighted by Gasteiger charge is -2.20. The fourth-order valence-corrected chi connectivity index (χ4v) is 2.06. The first-order valence-electron chi connectivity index (χ1n) is 6.16. The van der Waals surface area contributed by atoms with E-state index in [1.54, 1.807) is 30.1 Å². The van der Waals surface area contributed by atoms with Crippen molar-refractivity contribution in [2.24, 2.45) is 0 Å². The molecule has 2 aromatic rings. The zero-order valence-corrected chi connectivity index (χ0v) is 11.3. The highest BCUT2D eigenvalue weighted by atomic mass is 19.1. The van der Waals surface area contributed by atoms with Crippen molar-refractivity contribution in [3.63, 3.8) is 0 Å². The van der Waals surface area contributed by atoms with E-state index >= 15 is 0 Å². The highest BCUT2D eigenvalue weighted by molar-refractivity contribution is 5.59. The zero-order chi connectivity index (χ0) is 15.4. The second kappa shape index (κ2) is 6.01. The Morgan fingerprint density at radius 2 is 2.05 bits per heavy atom. The quantitative estimate of drug-likeness (QED) is 0.638. The van der Waals surface area contributed by atoms with Crippen molar-refractivity contribution < 1.29 is 9.31 Å². The predicted octanol–water partition coefficient (Wildman–Crippen LogP) is 3.24. The summed E-state index contributed by atoms with van der Waals surface area (Å²) >= 11 is 0. The number of hydrogen-bond acceptors (Lipinski definition) is 4. The Balaban J connectivity index is 2.24. The van der Waals surface area contributed by atoms with Crippen molar-refractivity contribution in [2.45, 2.75) is 6.54 Å². The molecule has 0 saturated carbocycles. The number of anilines is 1. The molecule has 2 rings (SSSR count). The molecule has 106 valence electrons. The molecule has 0 radical (unpaired) electrons. The van der Waals surface area contributed by atoms with Gasteiger partial charge in [-0.05, 0) is 23.8 Å². The Labute approximate surface area is 121 Å². The van der Waals surface area contributed by atoms with Crippen LogP contribution < -0.4 is 4.90 Å². The van der Waals surface area contributed by atoms with Crippen LogP contribution in [0.15, 0.2) is 42.5 Å². The van der Waals surface area contributed by atoms with Crippen LogP contribution in [-0.4, -0.2) is 12.0 Å². The lowest BCUT2D eigenvalue weighted by molar-refractivity contribution is -0.387. The lowest BCUT2D eigenvalue weighted by atomic mass is 10.1. The monoisotopic (exact) mass is 285 g/mol. The van der Waals surface area contributed by atoms with Gasteiger partial charge in [-0.15, -0.1) is 0 Å². The van der Waals surface area contributed by atoms with E-state index in [1.165, 1.54) is 6.07 Å². The van der Waals surface area contributed by atoms with Gasteiger partial charge in [0.05, 0.1) is 16.2 Å². The molecule has 5 nitrogen and oxygen atoms in total. The highest BCUT2D eigenvalue weighted by Gasteiger charge is 2.15. The third-order valence-electron chi connectivity index (χ3n) is 3.06. The molecule has 0 fully saturated rings. The normalized spacial score (nSPS) is 9.95. The van der Waals surface area contributed by atoms with Crippen molar-refractivity contribution in [3.05, 3.63) is 69.5 Å². The number of nitro benzene ring substituents is 1. The summed E-state index contributed by atoms with van der Waals surface area (Å²) in [6, 6.07) is 13.0. The number of nitrogens with zero attached hydrogens (tertiary/aromatic N) is 3. The van der Waals surface area contributed by atoms with Gasteiger partial charge in [0, 0.05) is 19.7 Å². The van der Waals surface area contributed by atoms with Gasteiger partial charge in [0.15, 0.2) is 0 Å². The molecule has 0 spiro atoms. The molecule has 0 aromatic heterocycles. The van der Waals surface area contributed by atoms with Gasteiger partial charge in [0.25, 0.3) is 0 Å². The molecular weight excluding hydrogens is 273 g/mol. The average molecular weight is 285 g/mol. The third kappa shape index (κ3) is 3.15. The summed E-state index contributed by atoms with van der Waals surface area (Å²) in [5.74, 6) is -0.862. The van der Waals surface area contributed by atoms with Crippen LogP contribution in [0.4, 0.5) is 15.8 Å². The predicted molar refractivity (Wildman–Crippen MR) is 76.3 cm³/mol. The Kier molecular flexibility index (Phi) is 4.14. The molecule has 0 heterocycles. The molecule has 0 amide bonds. The molecule has 21 heavy (non-hydrogen) atoms. The fourth-order valence-electron chi connectivity index (χ4n) is 2.06. The van der Waals surface area contributed by atoms with Crippen molar-refractivity contribution >= 4 is 11.4 Å². The molecule has 0 N–H and O–H groups in total. The van der Waals surface area contributed by atoms with Crippen molar-refractivity contribution in [2.75, 3.05) is 11.9 Å². The van der Waals surface area contributed by atoms with Gasteiger partial charge in [-0.1, -0.05) is 18.2 Å². The molecule has 2 aromatic carbocycles. The molecular formula is C15H12FN3O2. The summed E-state index contributed by atoms with van der Waals surface area (Å²) < 4.78 is 13.6. The van der Waals surface area contributed by atoms with Gasteiger partial charge in [0.2, 0.25) is 5.82 Å². The Bertz CT molecular complexity index is 725. The Morgan fingerprint density at radius 1 is 1.33 bits per heavy atom. The van der Waals surface area contributed by atoms with E-state index in [4.69, 9.17) is 5.26 Å². The van der Waals surface area contributed by atoms with Crippen molar-refractivity contribution in [1.29, 1.82) is 5.26 Å². The number of halogens is 1. The summed E-state index contributed by atoms with van der Waals surface area (Å²) in [7, 11) is 1.77. The van der Waals surface area contributed by atoms with E-state index in [0.29, 0.717) is 17.7 Å². The number of benzene rings is 2. The van der Waals surface area contributed by atoms with Crippen LogP contribution in [0, 0.1) is 27.3 Å². The number of nitriles is 1. The fraction of sp³-hybridized carbons (Fsp3) is 0.133. The maximum Gasteiger partial charge on any atom is 0.304 e. The molecule has 6 heteroatoms. The molecule has 0 aliphatic carbocycles. The summed E-state index contributed by atoms with van der Waals surface area (Å²) in [6.07, 6.45) is 0. The average Bonchev–Trinajstić information content (AvgIpc) is 2.46. The van der Waals surface area contributed by atoms with E-state index < -0.39 is 16.4 Å². The lowest BCUT2D eigenvalue weighted by Crippen LogP contribution is -2.17. The molecule has 0 atom stereocenters. The number of para-hydroxylation sites is 1. The first-order valence-corrected chi connectivity index (χ1v) is 6.16. The minimum absolute atomic E-state index is 0.341. The van der Waals surface area contributed by atoms with Gasteiger partial charge in [-0.25, -0.2) is 0 Å². The van der Waals surface area contributed by atoms with E-state index in [2.05, 4.69) is 6.07 Å². The molecule has 0 unspecified atom stereocenters. The summed E-state index contributed by atoms with van der Waals surface area (Å²) in [5.41, 5.74) is 1.29. The smallest absolute Gasteiger partial charge is 0.304 e. The number of rotatable bonds is 4. The van der Waals surface area contributed by atoms with Crippen molar-refractivity contribution in [3.8, 4) is 6.07 Å². The van der Waals surface area contributed by atoms with Crippen LogP contribution in [0.2, 0.25) is 0 Å². The number of hydrogen-bond donors (Lipinski definition) is 0. The van der Waals surface area contributed by atoms with Crippen LogP contribution in [0.1, 0.15) is 11.1 Å². The maximum absolute atomic E-state index is 13.6. The van der Waals surface area contributed by atoms with Crippen LogP contribution in [0.5, 0.6) is 0 Å². The minimum atomic E-state index is -0.862. The second-order valence-electron chi connectivity index (χ2n) is 4.53. The second-order valence-corrected chi connectivity index (χ2v) is 4.53. The molecule has 0 bridgehead atoms. The van der Waals surface area contributed by atoms with Crippen LogP contribution >= 0.6 is 0 Å². The Hall–Kier alpha value is -2.94. The SMILES string of the molecule is CN(Cc1ccc([N+](=O)[O-])c(F)c1)c1ccccc1C#N. The van der Waals surface area contributed by atoms with E-state index in [-0.39, 0.29) is 0 Å². The summed E-state index contributed by atoms with van der Waals surface area (Å²) in [5, 5.41) is 19.6. The summed E-state index contributed by atoms with van der Waals surface area (Å²) in [6.45, 7) is 0.341. The van der Waals surface area contributed by atoms with E-state index in [0.717, 1.165) is 17.8 Å². The minimum Gasteiger partial charge on any atom is -0.369 e. The third-order valence-corrected chi connectivity index (χ3v) is 3.06. The molecule has 0 aliphatic heterocycles. The summed E-state index contributed by atoms with van der Waals surface area (Å²) in [4.78, 5) is 11.6. The maximum atomic E-state index is 13.6. The van der Waals surface area contributed by atoms with Crippen LogP contribution in [0.25, 0.3) is 0 Å².